The molecule has 1 heterocycles. The molecule has 25 heavy (non-hydrogen) atoms. The molecule has 2 aromatic carbocycles. The minimum Gasteiger partial charge on any atom is -0.489 e. The minimum absolute atomic E-state index is 0.0256. The molecule has 2 amide bonds. The van der Waals surface area contributed by atoms with Crippen LogP contribution >= 0.6 is 0 Å². The number of carbonyl (C=O) groups excluding carboxylic acids is 2. The zero-order valence-corrected chi connectivity index (χ0v) is 14.1. The highest BCUT2D eigenvalue weighted by atomic mass is 16.5. The van der Waals surface area contributed by atoms with Crippen LogP contribution in [0.3, 0.4) is 0 Å². The number of amides is 2. The molecule has 0 radical (unpaired) electrons. The topological polar surface area (TPSA) is 58.6 Å². The number of likely N-dealkylation sites (tertiary alicyclic amines) is 1. The summed E-state index contributed by atoms with van der Waals surface area (Å²) in [5.74, 6) is 0.336. The average molecular weight is 338 g/mol. The van der Waals surface area contributed by atoms with Crippen LogP contribution in [0.1, 0.15) is 28.8 Å². The molecule has 5 heteroatoms. The predicted molar refractivity (Wildman–Crippen MR) is 95.4 cm³/mol. The number of nitrogens with zero attached hydrogens (tertiary/aromatic N) is 1. The Balaban J connectivity index is 1.53. The first kappa shape index (κ1) is 17.0. The van der Waals surface area contributed by atoms with Gasteiger partial charge in [0.2, 0.25) is 5.91 Å². The van der Waals surface area contributed by atoms with Crippen LogP contribution in [0, 0.1) is 0 Å². The van der Waals surface area contributed by atoms with Crippen molar-refractivity contribution in [2.75, 3.05) is 19.6 Å². The molecule has 0 saturated carbocycles. The van der Waals surface area contributed by atoms with Crippen LogP contribution in [0.25, 0.3) is 0 Å². The number of hydrogen-bond acceptors (Lipinski definition) is 3. The third kappa shape index (κ3) is 4.83. The van der Waals surface area contributed by atoms with Crippen molar-refractivity contribution in [1.82, 2.24) is 10.2 Å². The molecular weight excluding hydrogens is 316 g/mol. The maximum atomic E-state index is 12.3. The zero-order valence-electron chi connectivity index (χ0n) is 14.1. The maximum Gasteiger partial charge on any atom is 0.251 e. The van der Waals surface area contributed by atoms with E-state index in [4.69, 9.17) is 4.74 Å². The lowest BCUT2D eigenvalue weighted by Gasteiger charge is -2.15. The summed E-state index contributed by atoms with van der Waals surface area (Å²) in [6, 6.07) is 16.8. The van der Waals surface area contributed by atoms with Gasteiger partial charge >= 0.3 is 0 Å². The van der Waals surface area contributed by atoms with E-state index in [1.165, 1.54) is 0 Å². The molecule has 0 bridgehead atoms. The molecule has 0 unspecified atom stereocenters. The second-order valence-corrected chi connectivity index (χ2v) is 6.07. The summed E-state index contributed by atoms with van der Waals surface area (Å²) >= 11 is 0. The molecule has 5 nitrogen and oxygen atoms in total. The zero-order chi connectivity index (χ0) is 17.5. The fourth-order valence-corrected chi connectivity index (χ4v) is 2.80. The lowest BCUT2D eigenvalue weighted by Crippen LogP contribution is -2.38. The quantitative estimate of drug-likeness (QED) is 0.881. The smallest absolute Gasteiger partial charge is 0.251 e. The van der Waals surface area contributed by atoms with Gasteiger partial charge in [-0.2, -0.15) is 0 Å². The number of benzene rings is 2. The molecule has 130 valence electrons. The highest BCUT2D eigenvalue weighted by Gasteiger charge is 2.18. The molecule has 0 atom stereocenters. The van der Waals surface area contributed by atoms with Crippen molar-refractivity contribution in [2.45, 2.75) is 19.4 Å². The van der Waals surface area contributed by atoms with Gasteiger partial charge in [0.05, 0.1) is 6.54 Å². The molecule has 1 saturated heterocycles. The van der Waals surface area contributed by atoms with E-state index in [1.54, 1.807) is 23.1 Å². The van der Waals surface area contributed by atoms with Crippen LogP contribution in [-0.2, 0) is 11.4 Å². The molecule has 1 N–H and O–H groups in total. The Kier molecular flexibility index (Phi) is 5.67. The molecule has 0 spiro atoms. The van der Waals surface area contributed by atoms with Gasteiger partial charge in [0.1, 0.15) is 12.4 Å². The molecule has 1 aliphatic heterocycles. The van der Waals surface area contributed by atoms with Crippen LogP contribution in [0.4, 0.5) is 0 Å². The van der Waals surface area contributed by atoms with E-state index in [1.807, 2.05) is 36.4 Å². The summed E-state index contributed by atoms with van der Waals surface area (Å²) in [6.45, 7) is 2.06. The standard InChI is InChI=1S/C20H22N2O3/c23-19(22-11-4-5-12-22)14-21-20(24)17-9-6-10-18(13-17)25-15-16-7-2-1-3-8-16/h1-3,6-10,13H,4-5,11-12,14-15H2,(H,21,24). The SMILES string of the molecule is O=C(NCC(=O)N1CCCC1)c1cccc(OCc2ccccc2)c1. The van der Waals surface area contributed by atoms with Gasteiger partial charge in [-0.3, -0.25) is 9.59 Å². The van der Waals surface area contributed by atoms with Gasteiger partial charge in [-0.1, -0.05) is 36.4 Å². The molecule has 1 aliphatic rings. The molecule has 0 aliphatic carbocycles. The Morgan fingerprint density at radius 3 is 2.52 bits per heavy atom. The van der Waals surface area contributed by atoms with Crippen molar-refractivity contribution < 1.29 is 14.3 Å². The van der Waals surface area contributed by atoms with Crippen molar-refractivity contribution in [3.63, 3.8) is 0 Å². The molecule has 3 rings (SSSR count). The number of hydrogen-bond donors (Lipinski definition) is 1. The first-order chi connectivity index (χ1) is 12.2. The summed E-state index contributed by atoms with van der Waals surface area (Å²) in [5.41, 5.74) is 1.55. The number of carbonyl (C=O) groups is 2. The van der Waals surface area contributed by atoms with Gasteiger partial charge in [0, 0.05) is 18.7 Å². The lowest BCUT2D eigenvalue weighted by molar-refractivity contribution is -0.129. The highest BCUT2D eigenvalue weighted by molar-refractivity contribution is 5.96. The number of ether oxygens (including phenoxy) is 1. The van der Waals surface area contributed by atoms with Crippen molar-refractivity contribution >= 4 is 11.8 Å². The van der Waals surface area contributed by atoms with Crippen LogP contribution in [0.2, 0.25) is 0 Å². The Labute approximate surface area is 147 Å². The summed E-state index contributed by atoms with van der Waals surface area (Å²) in [4.78, 5) is 26.0. The average Bonchev–Trinajstić information content (AvgIpc) is 3.20. The van der Waals surface area contributed by atoms with Crippen LogP contribution in [0.15, 0.2) is 54.6 Å². The summed E-state index contributed by atoms with van der Waals surface area (Å²) < 4.78 is 5.73. The number of rotatable bonds is 6. The Morgan fingerprint density at radius 2 is 1.76 bits per heavy atom. The first-order valence-corrected chi connectivity index (χ1v) is 8.55. The van der Waals surface area contributed by atoms with Gasteiger partial charge < -0.3 is 15.0 Å². The lowest BCUT2D eigenvalue weighted by atomic mass is 10.2. The largest absolute Gasteiger partial charge is 0.489 e. The fraction of sp³-hybridized carbons (Fsp3) is 0.300. The van der Waals surface area contributed by atoms with E-state index >= 15 is 0 Å². The van der Waals surface area contributed by atoms with Gasteiger partial charge in [0.25, 0.3) is 5.91 Å². The van der Waals surface area contributed by atoms with Gasteiger partial charge in [-0.25, -0.2) is 0 Å². The molecule has 1 fully saturated rings. The van der Waals surface area contributed by atoms with Crippen molar-refractivity contribution in [3.8, 4) is 5.75 Å². The van der Waals surface area contributed by atoms with E-state index in [2.05, 4.69) is 5.32 Å². The minimum atomic E-state index is -0.266. The molecule has 2 aromatic rings. The van der Waals surface area contributed by atoms with E-state index in [-0.39, 0.29) is 18.4 Å². The van der Waals surface area contributed by atoms with Crippen LogP contribution in [-0.4, -0.2) is 36.3 Å². The monoisotopic (exact) mass is 338 g/mol. The van der Waals surface area contributed by atoms with Crippen molar-refractivity contribution in [3.05, 3.63) is 65.7 Å². The van der Waals surface area contributed by atoms with Crippen molar-refractivity contribution in [2.24, 2.45) is 0 Å². The van der Waals surface area contributed by atoms with Crippen LogP contribution < -0.4 is 10.1 Å². The van der Waals surface area contributed by atoms with Gasteiger partial charge in [-0.05, 0) is 36.6 Å². The highest BCUT2D eigenvalue weighted by Crippen LogP contribution is 2.15. The second-order valence-electron chi connectivity index (χ2n) is 6.07. The summed E-state index contributed by atoms with van der Waals surface area (Å²) in [7, 11) is 0. The van der Waals surface area contributed by atoms with Gasteiger partial charge in [-0.15, -0.1) is 0 Å². The maximum absolute atomic E-state index is 12.3. The van der Waals surface area contributed by atoms with Gasteiger partial charge in [0.15, 0.2) is 0 Å². The normalized spacial score (nSPS) is 13.5. The number of nitrogens with one attached hydrogen (secondary N) is 1. The van der Waals surface area contributed by atoms with Crippen LogP contribution in [0.5, 0.6) is 5.75 Å². The fourth-order valence-electron chi connectivity index (χ4n) is 2.80. The van der Waals surface area contributed by atoms with Crippen molar-refractivity contribution in [1.29, 1.82) is 0 Å². The summed E-state index contributed by atoms with van der Waals surface area (Å²) in [5, 5.41) is 2.69. The first-order valence-electron chi connectivity index (χ1n) is 8.55. The Hall–Kier alpha value is -2.82. The Morgan fingerprint density at radius 1 is 1.00 bits per heavy atom. The van der Waals surface area contributed by atoms with E-state index in [9.17, 15) is 9.59 Å². The van der Waals surface area contributed by atoms with E-state index in [0.717, 1.165) is 31.5 Å². The van der Waals surface area contributed by atoms with E-state index in [0.29, 0.717) is 17.9 Å². The third-order valence-electron chi connectivity index (χ3n) is 4.20. The Bertz CT molecular complexity index is 725. The second kappa shape index (κ2) is 8.33. The summed E-state index contributed by atoms with van der Waals surface area (Å²) in [6.07, 6.45) is 2.08. The van der Waals surface area contributed by atoms with E-state index < -0.39 is 0 Å². The molecular formula is C20H22N2O3. The third-order valence-corrected chi connectivity index (χ3v) is 4.20. The molecule has 0 aromatic heterocycles. The predicted octanol–water partition coefficient (Wildman–Crippen LogP) is 2.62.